The molecular weight excluding hydrogens is 393 g/mol. The topological polar surface area (TPSA) is 98.0 Å². The van der Waals surface area contributed by atoms with Gasteiger partial charge in [-0.15, -0.1) is 0 Å². The Hall–Kier alpha value is 0.403. The third-order valence-electron chi connectivity index (χ3n) is 3.99. The summed E-state index contributed by atoms with van der Waals surface area (Å²) in [6.07, 6.45) is 20.2. The van der Waals surface area contributed by atoms with Crippen LogP contribution in [-0.4, -0.2) is 25.8 Å². The summed E-state index contributed by atoms with van der Waals surface area (Å²) >= 11 is 0. The van der Waals surface area contributed by atoms with Gasteiger partial charge in [0, 0.05) is 25.9 Å². The van der Waals surface area contributed by atoms with Crippen LogP contribution < -0.4 is 0 Å². The van der Waals surface area contributed by atoms with Crippen LogP contribution in [0.5, 0.6) is 0 Å². The number of unbranched alkanes of at least 4 members (excludes halogenated alkanes) is 14. The van der Waals surface area contributed by atoms with E-state index in [0.29, 0.717) is 6.42 Å². The van der Waals surface area contributed by atoms with E-state index in [1.165, 1.54) is 83.5 Å². The van der Waals surface area contributed by atoms with Crippen LogP contribution in [0.1, 0.15) is 110 Å². The summed E-state index contributed by atoms with van der Waals surface area (Å²) in [7, 11) is -2.62. The van der Waals surface area contributed by atoms with Gasteiger partial charge in [-0.05, 0) is 6.42 Å². The molecule has 0 aromatic heterocycles. The summed E-state index contributed by atoms with van der Waals surface area (Å²) in [4.78, 5) is 32.0. The van der Waals surface area contributed by atoms with Gasteiger partial charge in [0.15, 0.2) is 0 Å². The molecule has 0 rings (SSSR count). The maximum absolute atomic E-state index is 10.3. The molecule has 5 nitrogen and oxygen atoms in total. The molecule has 0 aliphatic heterocycles. The van der Waals surface area contributed by atoms with E-state index in [1.54, 1.807) is 0 Å². The zero-order valence-corrected chi connectivity index (χ0v) is 20.0. The average molecular weight is 432 g/mol. The summed E-state index contributed by atoms with van der Waals surface area (Å²) in [5.74, 6) is -0.653. The molecule has 0 radical (unpaired) electrons. The summed E-state index contributed by atoms with van der Waals surface area (Å²) in [6, 6.07) is 0. The van der Waals surface area contributed by atoms with E-state index in [1.807, 2.05) is 0 Å². The largest absolute Gasteiger partial charge is 0.481 e. The summed E-state index contributed by atoms with van der Waals surface area (Å²) < 4.78 is 0. The van der Waals surface area contributed by atoms with Crippen LogP contribution in [0, 0.1) is 0 Å². The molecular formula is C18H39O5PZn. The Morgan fingerprint density at radius 1 is 0.640 bits per heavy atom. The SMILES string of the molecule is CCCCCCCCCCCCCCCCCC(=O)O.OP(O)O.[Zn]. The molecule has 25 heavy (non-hydrogen) atoms. The second-order valence-electron chi connectivity index (χ2n) is 6.36. The minimum atomic E-state index is -2.62. The molecule has 0 saturated heterocycles. The van der Waals surface area contributed by atoms with Gasteiger partial charge in [0.1, 0.15) is 0 Å². The molecule has 0 aromatic carbocycles. The number of aliphatic carboxylic acids is 1. The maximum atomic E-state index is 10.3. The predicted molar refractivity (Wildman–Crippen MR) is 101 cm³/mol. The van der Waals surface area contributed by atoms with Crippen molar-refractivity contribution in [3.63, 3.8) is 0 Å². The quantitative estimate of drug-likeness (QED) is 0.146. The third-order valence-corrected chi connectivity index (χ3v) is 3.99. The van der Waals surface area contributed by atoms with E-state index < -0.39 is 14.6 Å². The van der Waals surface area contributed by atoms with E-state index >= 15 is 0 Å². The Morgan fingerprint density at radius 3 is 1.12 bits per heavy atom. The van der Waals surface area contributed by atoms with Gasteiger partial charge in [-0.3, -0.25) is 4.79 Å². The van der Waals surface area contributed by atoms with Gasteiger partial charge in [-0.2, -0.15) is 0 Å². The number of rotatable bonds is 16. The van der Waals surface area contributed by atoms with Crippen molar-refractivity contribution >= 4 is 14.6 Å². The van der Waals surface area contributed by atoms with E-state index in [-0.39, 0.29) is 19.5 Å². The first kappa shape index (κ1) is 30.1. The standard InChI is InChI=1S/C18H36O2.H3O3P.Zn/c1-2-3-4-5-6-7-8-9-10-11-12-13-14-15-16-17-18(19)20;1-4(2)3;/h2-17H2,1H3,(H,19,20);1-3H;. The molecule has 0 spiro atoms. The molecule has 4 N–H and O–H groups in total. The molecule has 0 bridgehead atoms. The van der Waals surface area contributed by atoms with Gasteiger partial charge in [0.05, 0.1) is 0 Å². The van der Waals surface area contributed by atoms with E-state index in [2.05, 4.69) is 6.92 Å². The summed E-state index contributed by atoms with van der Waals surface area (Å²) in [5.41, 5.74) is 0. The minimum Gasteiger partial charge on any atom is -0.481 e. The molecule has 0 aromatic rings. The molecule has 0 fully saturated rings. The minimum absolute atomic E-state index is 0. The summed E-state index contributed by atoms with van der Waals surface area (Å²) in [5, 5.41) is 8.52. The van der Waals surface area contributed by atoms with Crippen molar-refractivity contribution < 1.29 is 44.1 Å². The van der Waals surface area contributed by atoms with E-state index in [9.17, 15) is 4.79 Å². The van der Waals surface area contributed by atoms with Gasteiger partial charge in [0.25, 0.3) is 0 Å². The fourth-order valence-electron chi connectivity index (χ4n) is 2.65. The van der Waals surface area contributed by atoms with Gasteiger partial charge >= 0.3 is 14.6 Å². The van der Waals surface area contributed by atoms with E-state index in [0.717, 1.165) is 12.8 Å². The Balaban J connectivity index is -0.000000867. The van der Waals surface area contributed by atoms with Gasteiger partial charge in [0.2, 0.25) is 0 Å². The van der Waals surface area contributed by atoms with Crippen LogP contribution >= 0.6 is 8.60 Å². The summed E-state index contributed by atoms with van der Waals surface area (Å²) in [6.45, 7) is 2.27. The first-order valence-electron chi connectivity index (χ1n) is 9.59. The molecule has 0 heterocycles. The number of carbonyl (C=O) groups is 1. The average Bonchev–Trinajstić information content (AvgIpc) is 2.50. The Labute approximate surface area is 168 Å². The fourth-order valence-corrected chi connectivity index (χ4v) is 2.65. The second kappa shape index (κ2) is 26.6. The van der Waals surface area contributed by atoms with Crippen molar-refractivity contribution in [2.75, 3.05) is 0 Å². The molecule has 0 aliphatic carbocycles. The Kier molecular flexibility index (Phi) is 32.1. The first-order chi connectivity index (χ1) is 11.5. The molecule has 148 valence electrons. The van der Waals surface area contributed by atoms with Crippen LogP contribution in [-0.2, 0) is 24.3 Å². The normalized spacial score (nSPS) is 10.1. The second-order valence-corrected chi connectivity index (χ2v) is 6.90. The maximum Gasteiger partial charge on any atom is 0.324 e. The number of carboxylic acid groups (broad SMARTS) is 1. The predicted octanol–water partition coefficient (Wildman–Crippen LogP) is 5.52. The van der Waals surface area contributed by atoms with Gasteiger partial charge in [-0.25, -0.2) is 0 Å². The Morgan fingerprint density at radius 2 is 0.880 bits per heavy atom. The monoisotopic (exact) mass is 430 g/mol. The zero-order valence-electron chi connectivity index (χ0n) is 16.2. The fraction of sp³-hybridized carbons (Fsp3) is 0.944. The van der Waals surface area contributed by atoms with Crippen LogP contribution in [0.4, 0.5) is 0 Å². The smallest absolute Gasteiger partial charge is 0.324 e. The number of hydrogen-bond donors (Lipinski definition) is 4. The van der Waals surface area contributed by atoms with Gasteiger partial charge < -0.3 is 19.8 Å². The molecule has 0 aliphatic rings. The molecule has 7 heteroatoms. The zero-order chi connectivity index (χ0) is 18.5. The van der Waals surface area contributed by atoms with E-state index in [4.69, 9.17) is 19.8 Å². The van der Waals surface area contributed by atoms with Crippen LogP contribution in [0.25, 0.3) is 0 Å². The number of hydrogen-bond acceptors (Lipinski definition) is 4. The van der Waals surface area contributed by atoms with Crippen molar-refractivity contribution in [2.45, 2.75) is 110 Å². The molecule has 0 saturated carbocycles. The van der Waals surface area contributed by atoms with Crippen molar-refractivity contribution in [1.82, 2.24) is 0 Å². The van der Waals surface area contributed by atoms with Gasteiger partial charge in [-0.1, -0.05) is 96.8 Å². The molecule has 0 unspecified atom stereocenters. The van der Waals surface area contributed by atoms with Crippen LogP contribution in [0.2, 0.25) is 0 Å². The molecule has 0 amide bonds. The van der Waals surface area contributed by atoms with Crippen molar-refractivity contribution in [1.29, 1.82) is 0 Å². The molecule has 0 atom stereocenters. The van der Waals surface area contributed by atoms with Crippen molar-refractivity contribution in [2.24, 2.45) is 0 Å². The van der Waals surface area contributed by atoms with Crippen molar-refractivity contribution in [3.05, 3.63) is 0 Å². The number of carboxylic acids is 1. The van der Waals surface area contributed by atoms with Crippen LogP contribution in [0.15, 0.2) is 0 Å². The van der Waals surface area contributed by atoms with Crippen LogP contribution in [0.3, 0.4) is 0 Å². The Bertz CT molecular complexity index is 253. The third kappa shape index (κ3) is 40.4. The first-order valence-corrected chi connectivity index (χ1v) is 10.8. The van der Waals surface area contributed by atoms with Crippen molar-refractivity contribution in [3.8, 4) is 0 Å².